The molecule has 2 saturated carbocycles. The summed E-state index contributed by atoms with van der Waals surface area (Å²) in [7, 11) is 0. The van der Waals surface area contributed by atoms with Gasteiger partial charge in [0, 0.05) is 18.3 Å². The average molecular weight is 224 g/mol. The molecule has 0 unspecified atom stereocenters. The molecule has 4 fully saturated rings. The van der Waals surface area contributed by atoms with Crippen LogP contribution in [-0.2, 0) is 9.47 Å². The number of hydrogen-bond acceptors (Lipinski definition) is 3. The smallest absolute Gasteiger partial charge is 0.172 e. The zero-order chi connectivity index (χ0) is 10.9. The van der Waals surface area contributed by atoms with Gasteiger partial charge in [0.1, 0.15) is 0 Å². The predicted molar refractivity (Wildman–Crippen MR) is 57.4 cm³/mol. The predicted octanol–water partition coefficient (Wildman–Crippen LogP) is 1.89. The number of unbranched alkanes of at least 4 members (excludes halogenated alkanes) is 1. The van der Waals surface area contributed by atoms with Gasteiger partial charge in [-0.05, 0) is 31.1 Å². The molecule has 0 spiro atoms. The molecule has 2 bridgehead atoms. The lowest BCUT2D eigenvalue weighted by atomic mass is 9.75. The van der Waals surface area contributed by atoms with Crippen molar-refractivity contribution in [3.63, 3.8) is 0 Å². The van der Waals surface area contributed by atoms with Crippen LogP contribution in [0.3, 0.4) is 0 Å². The van der Waals surface area contributed by atoms with Crippen molar-refractivity contribution in [1.29, 1.82) is 0 Å². The van der Waals surface area contributed by atoms with E-state index in [9.17, 15) is 5.11 Å². The molecule has 3 nitrogen and oxygen atoms in total. The highest BCUT2D eigenvalue weighted by Gasteiger charge is 2.71. The molecule has 0 aromatic rings. The van der Waals surface area contributed by atoms with Gasteiger partial charge in [0.15, 0.2) is 12.1 Å². The van der Waals surface area contributed by atoms with Crippen LogP contribution in [0.1, 0.15) is 39.0 Å². The van der Waals surface area contributed by atoms with Crippen molar-refractivity contribution in [2.45, 2.75) is 57.2 Å². The molecule has 1 N–H and O–H groups in total. The highest BCUT2D eigenvalue weighted by atomic mass is 16.8. The molecule has 4 aliphatic rings. The van der Waals surface area contributed by atoms with Crippen LogP contribution in [0.25, 0.3) is 0 Å². The van der Waals surface area contributed by atoms with Crippen LogP contribution in [0.2, 0.25) is 0 Å². The van der Waals surface area contributed by atoms with Crippen molar-refractivity contribution in [2.24, 2.45) is 23.7 Å². The second-order valence-corrected chi connectivity index (χ2v) is 6.11. The Morgan fingerprint density at radius 3 is 3.06 bits per heavy atom. The van der Waals surface area contributed by atoms with Crippen molar-refractivity contribution in [3.05, 3.63) is 0 Å². The molecule has 0 radical (unpaired) electrons. The number of aliphatic hydroxyl groups is 1. The molecule has 2 saturated heterocycles. The first-order valence-corrected chi connectivity index (χ1v) is 6.78. The van der Waals surface area contributed by atoms with Gasteiger partial charge in [-0.15, -0.1) is 0 Å². The van der Waals surface area contributed by atoms with Crippen molar-refractivity contribution in [1.82, 2.24) is 0 Å². The van der Waals surface area contributed by atoms with Gasteiger partial charge in [-0.25, -0.2) is 0 Å². The van der Waals surface area contributed by atoms with E-state index in [2.05, 4.69) is 6.92 Å². The maximum atomic E-state index is 10.7. The summed E-state index contributed by atoms with van der Waals surface area (Å²) < 4.78 is 11.8. The third-order valence-corrected chi connectivity index (χ3v) is 5.36. The molecule has 90 valence electrons. The van der Waals surface area contributed by atoms with Crippen LogP contribution in [-0.4, -0.2) is 23.3 Å². The molecule has 0 aromatic carbocycles. The van der Waals surface area contributed by atoms with Gasteiger partial charge in [0.05, 0.1) is 6.10 Å². The zero-order valence-electron chi connectivity index (χ0n) is 9.76. The van der Waals surface area contributed by atoms with Gasteiger partial charge in [-0.3, -0.25) is 0 Å². The molecule has 2 aliphatic carbocycles. The van der Waals surface area contributed by atoms with E-state index in [4.69, 9.17) is 9.47 Å². The Morgan fingerprint density at radius 1 is 1.38 bits per heavy atom. The van der Waals surface area contributed by atoms with E-state index >= 15 is 0 Å². The van der Waals surface area contributed by atoms with E-state index in [1.807, 2.05) is 0 Å². The van der Waals surface area contributed by atoms with E-state index in [0.29, 0.717) is 29.8 Å². The molecule has 16 heavy (non-hydrogen) atoms. The number of rotatable bonds is 3. The Bertz CT molecular complexity index is 316. The Kier molecular flexibility index (Phi) is 1.85. The number of hydrogen-bond donors (Lipinski definition) is 1. The first-order valence-electron chi connectivity index (χ1n) is 6.78. The quantitative estimate of drug-likeness (QED) is 0.795. The van der Waals surface area contributed by atoms with Crippen LogP contribution >= 0.6 is 0 Å². The highest BCUT2D eigenvalue weighted by molar-refractivity contribution is 5.13. The first kappa shape index (κ1) is 9.86. The highest BCUT2D eigenvalue weighted by Crippen LogP contribution is 2.67. The summed E-state index contributed by atoms with van der Waals surface area (Å²) in [5.41, 5.74) is 0. The normalized spacial score (nSPS) is 61.1. The van der Waals surface area contributed by atoms with E-state index in [0.717, 1.165) is 19.3 Å². The fourth-order valence-corrected chi connectivity index (χ4v) is 4.85. The second-order valence-electron chi connectivity index (χ2n) is 6.11. The molecule has 3 heteroatoms. The van der Waals surface area contributed by atoms with Gasteiger partial charge in [-0.2, -0.15) is 0 Å². The Balaban J connectivity index is 1.64. The minimum Gasteiger partial charge on any atom is -0.365 e. The zero-order valence-corrected chi connectivity index (χ0v) is 9.76. The summed E-state index contributed by atoms with van der Waals surface area (Å²) in [5, 5.41) is 10.7. The summed E-state index contributed by atoms with van der Waals surface area (Å²) in [6, 6.07) is 0. The number of ether oxygens (including phenoxy) is 2. The van der Waals surface area contributed by atoms with Crippen LogP contribution < -0.4 is 0 Å². The lowest BCUT2D eigenvalue weighted by molar-refractivity contribution is -0.278. The van der Waals surface area contributed by atoms with Crippen LogP contribution in [0, 0.1) is 23.7 Å². The van der Waals surface area contributed by atoms with Crippen LogP contribution in [0.15, 0.2) is 0 Å². The number of fused-ring (bicyclic) bond motifs is 2. The lowest BCUT2D eigenvalue weighted by Gasteiger charge is -2.35. The maximum Gasteiger partial charge on any atom is 0.172 e. The molecule has 0 aromatic heterocycles. The summed E-state index contributed by atoms with van der Waals surface area (Å²) in [5.74, 6) is 1.36. The summed E-state index contributed by atoms with van der Waals surface area (Å²) in [6.45, 7) is 2.16. The minimum absolute atomic E-state index is 0.0886. The van der Waals surface area contributed by atoms with Crippen molar-refractivity contribution < 1.29 is 14.6 Å². The van der Waals surface area contributed by atoms with E-state index < -0.39 is 5.79 Å². The van der Waals surface area contributed by atoms with E-state index in [1.54, 1.807) is 0 Å². The monoisotopic (exact) mass is 224 g/mol. The van der Waals surface area contributed by atoms with Gasteiger partial charge in [0.25, 0.3) is 0 Å². The third-order valence-electron chi connectivity index (χ3n) is 5.36. The summed E-state index contributed by atoms with van der Waals surface area (Å²) in [4.78, 5) is 0. The average Bonchev–Trinajstić information content (AvgIpc) is 2.88. The van der Waals surface area contributed by atoms with Crippen molar-refractivity contribution in [3.8, 4) is 0 Å². The molecule has 0 amide bonds. The topological polar surface area (TPSA) is 38.7 Å². The SMILES string of the molecule is CCCC[C@]1(O)O[C@@H]2O[C@@H]3C[C@H]4C[C@@H]3[C@@H]2[C@@H]41. The summed E-state index contributed by atoms with van der Waals surface area (Å²) in [6.07, 6.45) is 5.76. The fraction of sp³-hybridized carbons (Fsp3) is 1.00. The van der Waals surface area contributed by atoms with Gasteiger partial charge in [0.2, 0.25) is 0 Å². The standard InChI is InChI=1S/C13H20O3/c1-2-3-4-13(14)11-7-5-8-9(6-7)15-12(16-13)10(8)11/h7-12,14H,2-6H2,1H3/t7-,8+,9-,10-,11-,12+,13+/m1/s1. The third kappa shape index (κ3) is 1.00. The van der Waals surface area contributed by atoms with Gasteiger partial charge >= 0.3 is 0 Å². The van der Waals surface area contributed by atoms with Crippen LogP contribution in [0.5, 0.6) is 0 Å². The Morgan fingerprint density at radius 2 is 2.25 bits per heavy atom. The first-order chi connectivity index (χ1) is 7.73. The largest absolute Gasteiger partial charge is 0.365 e. The van der Waals surface area contributed by atoms with E-state index in [1.165, 1.54) is 12.8 Å². The molecule has 2 aliphatic heterocycles. The fourth-order valence-electron chi connectivity index (χ4n) is 4.85. The van der Waals surface area contributed by atoms with Gasteiger partial charge in [-0.1, -0.05) is 13.3 Å². The second kappa shape index (κ2) is 3.01. The minimum atomic E-state index is -0.865. The Labute approximate surface area is 96.1 Å². The van der Waals surface area contributed by atoms with Gasteiger partial charge < -0.3 is 14.6 Å². The van der Waals surface area contributed by atoms with Crippen molar-refractivity contribution >= 4 is 0 Å². The maximum absolute atomic E-state index is 10.7. The molecular weight excluding hydrogens is 204 g/mol. The molecule has 2 heterocycles. The van der Waals surface area contributed by atoms with E-state index in [-0.39, 0.29) is 6.29 Å². The molecular formula is C13H20O3. The lowest BCUT2D eigenvalue weighted by Crippen LogP contribution is -2.42. The van der Waals surface area contributed by atoms with Crippen LogP contribution in [0.4, 0.5) is 0 Å². The Hall–Kier alpha value is -0.120. The van der Waals surface area contributed by atoms with Crippen molar-refractivity contribution in [2.75, 3.05) is 0 Å². The summed E-state index contributed by atoms with van der Waals surface area (Å²) >= 11 is 0. The molecule has 4 rings (SSSR count). The molecule has 7 atom stereocenters.